The van der Waals surface area contributed by atoms with Crippen LogP contribution in [-0.4, -0.2) is 49.6 Å². The molecule has 1 unspecified atom stereocenters. The summed E-state index contributed by atoms with van der Waals surface area (Å²) in [7, 11) is 2.15. The Kier molecular flexibility index (Phi) is 4.59. The van der Waals surface area contributed by atoms with Gasteiger partial charge in [-0.2, -0.15) is 0 Å². The van der Waals surface area contributed by atoms with Crippen LogP contribution in [0.4, 0.5) is 0 Å². The molecule has 5 nitrogen and oxygen atoms in total. The van der Waals surface area contributed by atoms with E-state index in [1.165, 1.54) is 5.56 Å². The van der Waals surface area contributed by atoms with E-state index >= 15 is 0 Å². The van der Waals surface area contributed by atoms with Crippen LogP contribution in [0.5, 0.6) is 0 Å². The summed E-state index contributed by atoms with van der Waals surface area (Å²) in [4.78, 5) is 7.58. The van der Waals surface area contributed by atoms with Crippen LogP contribution in [0.1, 0.15) is 11.6 Å². The third kappa shape index (κ3) is 3.23. The van der Waals surface area contributed by atoms with Crippen LogP contribution in [0.25, 0.3) is 10.4 Å². The fourth-order valence-corrected chi connectivity index (χ4v) is 2.43. The third-order valence-corrected chi connectivity index (χ3v) is 3.43. The summed E-state index contributed by atoms with van der Waals surface area (Å²) >= 11 is 0. The maximum Gasteiger partial charge on any atom is 0.0475 e. The van der Waals surface area contributed by atoms with Gasteiger partial charge >= 0.3 is 0 Å². The fourth-order valence-electron chi connectivity index (χ4n) is 2.43. The molecule has 1 aliphatic rings. The lowest BCUT2D eigenvalue weighted by Crippen LogP contribution is -2.47. The Morgan fingerprint density at radius 1 is 1.33 bits per heavy atom. The molecule has 1 heterocycles. The van der Waals surface area contributed by atoms with Gasteiger partial charge in [-0.05, 0) is 18.1 Å². The van der Waals surface area contributed by atoms with Crippen molar-refractivity contribution in [1.82, 2.24) is 9.80 Å². The van der Waals surface area contributed by atoms with E-state index in [0.717, 1.165) is 26.2 Å². The molecule has 1 saturated heterocycles. The van der Waals surface area contributed by atoms with Gasteiger partial charge in [-0.15, -0.1) is 0 Å². The largest absolute Gasteiger partial charge is 0.303 e. The van der Waals surface area contributed by atoms with Crippen LogP contribution in [0.15, 0.2) is 35.4 Å². The van der Waals surface area contributed by atoms with Crippen LogP contribution in [0.2, 0.25) is 0 Å². The molecule has 2 rings (SSSR count). The van der Waals surface area contributed by atoms with Crippen molar-refractivity contribution in [3.05, 3.63) is 46.3 Å². The van der Waals surface area contributed by atoms with Gasteiger partial charge in [-0.1, -0.05) is 35.4 Å². The number of likely N-dealkylation sites (N-methyl/N-ethyl adjacent to an activating group) is 1. The Labute approximate surface area is 108 Å². The fraction of sp³-hybridized carbons (Fsp3) is 0.538. The predicted molar refractivity (Wildman–Crippen MR) is 72.3 cm³/mol. The molecule has 1 aromatic carbocycles. The topological polar surface area (TPSA) is 55.2 Å². The van der Waals surface area contributed by atoms with Crippen molar-refractivity contribution in [3.8, 4) is 0 Å². The lowest BCUT2D eigenvalue weighted by Gasteiger charge is -2.40. The van der Waals surface area contributed by atoms with E-state index in [-0.39, 0.29) is 0 Å². The number of nitrogens with zero attached hydrogens (tertiary/aromatic N) is 5. The van der Waals surface area contributed by atoms with E-state index in [4.69, 9.17) is 5.53 Å². The lowest BCUT2D eigenvalue weighted by atomic mass is 10.0. The van der Waals surface area contributed by atoms with E-state index in [0.29, 0.717) is 12.6 Å². The first-order valence-electron chi connectivity index (χ1n) is 6.29. The minimum atomic E-state index is 0.402. The Morgan fingerprint density at radius 2 is 2.11 bits per heavy atom. The molecule has 0 saturated carbocycles. The van der Waals surface area contributed by atoms with Crippen molar-refractivity contribution < 1.29 is 0 Å². The number of azide groups is 1. The van der Waals surface area contributed by atoms with Gasteiger partial charge in [0.1, 0.15) is 0 Å². The van der Waals surface area contributed by atoms with Crippen LogP contribution in [0.3, 0.4) is 0 Å². The second kappa shape index (κ2) is 6.40. The maximum absolute atomic E-state index is 8.35. The molecule has 0 aliphatic carbocycles. The zero-order valence-electron chi connectivity index (χ0n) is 10.7. The van der Waals surface area contributed by atoms with E-state index in [1.54, 1.807) is 0 Å². The highest BCUT2D eigenvalue weighted by Gasteiger charge is 2.25. The van der Waals surface area contributed by atoms with Crippen LogP contribution >= 0.6 is 0 Å². The van der Waals surface area contributed by atoms with E-state index in [9.17, 15) is 0 Å². The number of rotatable bonds is 4. The second-order valence-corrected chi connectivity index (χ2v) is 4.68. The summed E-state index contributed by atoms with van der Waals surface area (Å²) in [6.07, 6.45) is 0. The summed E-state index contributed by atoms with van der Waals surface area (Å²) in [6.45, 7) is 4.50. The van der Waals surface area contributed by atoms with Crippen molar-refractivity contribution in [3.63, 3.8) is 0 Å². The molecular formula is C13H19N5. The first-order chi connectivity index (χ1) is 8.81. The van der Waals surface area contributed by atoms with Crippen molar-refractivity contribution >= 4 is 0 Å². The highest BCUT2D eigenvalue weighted by atomic mass is 15.3. The quantitative estimate of drug-likeness (QED) is 0.464. The first kappa shape index (κ1) is 12.9. The van der Waals surface area contributed by atoms with Crippen molar-refractivity contribution in [2.24, 2.45) is 5.11 Å². The van der Waals surface area contributed by atoms with E-state index in [2.05, 4.69) is 51.1 Å². The SMILES string of the molecule is CN1CCN(CCN=[N+]=[N-])C(c2ccccc2)C1. The minimum Gasteiger partial charge on any atom is -0.303 e. The normalized spacial score (nSPS) is 21.5. The second-order valence-electron chi connectivity index (χ2n) is 4.68. The van der Waals surface area contributed by atoms with E-state index < -0.39 is 0 Å². The standard InChI is InChI=1S/C13H19N5/c1-17-9-10-18(8-7-15-16-14)13(11-17)12-5-3-2-4-6-12/h2-6,13H,7-11H2,1H3. The molecule has 0 N–H and O–H groups in total. The summed E-state index contributed by atoms with van der Waals surface area (Å²) in [6, 6.07) is 10.9. The van der Waals surface area contributed by atoms with Crippen LogP contribution in [-0.2, 0) is 0 Å². The highest BCUT2D eigenvalue weighted by molar-refractivity contribution is 5.20. The number of benzene rings is 1. The Hall–Kier alpha value is -1.55. The van der Waals surface area contributed by atoms with E-state index in [1.807, 2.05) is 6.07 Å². The molecule has 18 heavy (non-hydrogen) atoms. The monoisotopic (exact) mass is 245 g/mol. The minimum absolute atomic E-state index is 0.402. The summed E-state index contributed by atoms with van der Waals surface area (Å²) in [5, 5.41) is 3.64. The summed E-state index contributed by atoms with van der Waals surface area (Å²) in [5.74, 6) is 0. The number of hydrogen-bond donors (Lipinski definition) is 0. The highest BCUT2D eigenvalue weighted by Crippen LogP contribution is 2.24. The van der Waals surface area contributed by atoms with Crippen molar-refractivity contribution in [2.75, 3.05) is 39.8 Å². The molecule has 0 amide bonds. The Morgan fingerprint density at radius 3 is 2.83 bits per heavy atom. The van der Waals surface area contributed by atoms with Crippen molar-refractivity contribution in [1.29, 1.82) is 0 Å². The molecule has 0 radical (unpaired) electrons. The average molecular weight is 245 g/mol. The third-order valence-electron chi connectivity index (χ3n) is 3.43. The molecule has 1 aliphatic heterocycles. The molecular weight excluding hydrogens is 226 g/mol. The van der Waals surface area contributed by atoms with Gasteiger partial charge in [0.05, 0.1) is 0 Å². The van der Waals surface area contributed by atoms with Gasteiger partial charge in [0.25, 0.3) is 0 Å². The molecule has 1 atom stereocenters. The smallest absolute Gasteiger partial charge is 0.0475 e. The lowest BCUT2D eigenvalue weighted by molar-refractivity contribution is 0.0928. The summed E-state index contributed by atoms with van der Waals surface area (Å²) < 4.78 is 0. The van der Waals surface area contributed by atoms with Crippen molar-refractivity contribution in [2.45, 2.75) is 6.04 Å². The van der Waals surface area contributed by atoms with Crippen LogP contribution < -0.4 is 0 Å². The molecule has 1 aromatic rings. The maximum atomic E-state index is 8.35. The van der Waals surface area contributed by atoms with Gasteiger partial charge in [-0.3, -0.25) is 4.90 Å². The van der Waals surface area contributed by atoms with Gasteiger partial charge in [0, 0.05) is 43.7 Å². The van der Waals surface area contributed by atoms with Gasteiger partial charge in [0.2, 0.25) is 0 Å². The summed E-state index contributed by atoms with van der Waals surface area (Å²) in [5.41, 5.74) is 9.69. The molecule has 0 spiro atoms. The molecule has 1 fully saturated rings. The molecule has 5 heteroatoms. The van der Waals surface area contributed by atoms with Gasteiger partial charge in [0.15, 0.2) is 0 Å². The average Bonchev–Trinajstić information content (AvgIpc) is 2.41. The molecule has 96 valence electrons. The number of piperazine rings is 1. The zero-order chi connectivity index (χ0) is 12.8. The first-order valence-corrected chi connectivity index (χ1v) is 6.29. The Bertz CT molecular complexity index is 413. The Balaban J connectivity index is 2.08. The molecule has 0 bridgehead atoms. The number of hydrogen-bond acceptors (Lipinski definition) is 3. The van der Waals surface area contributed by atoms with Gasteiger partial charge in [-0.25, -0.2) is 0 Å². The predicted octanol–water partition coefficient (Wildman–Crippen LogP) is 2.29. The van der Waals surface area contributed by atoms with Gasteiger partial charge < -0.3 is 4.90 Å². The molecule has 0 aromatic heterocycles. The zero-order valence-corrected chi connectivity index (χ0v) is 10.7. The van der Waals surface area contributed by atoms with Crippen LogP contribution in [0, 0.1) is 0 Å².